The Bertz CT molecular complexity index is 978. The monoisotopic (exact) mass is 375 g/mol. The van der Waals surface area contributed by atoms with E-state index < -0.39 is 11.6 Å². The molecule has 2 heterocycles. The van der Waals surface area contributed by atoms with E-state index in [1.807, 2.05) is 0 Å². The number of aromatic amines is 2. The van der Waals surface area contributed by atoms with E-state index in [0.717, 1.165) is 17.7 Å². The van der Waals surface area contributed by atoms with Crippen LogP contribution in [-0.4, -0.2) is 17.4 Å². The topological polar surface area (TPSA) is 78.6 Å². The minimum atomic E-state index is -0.871. The Balaban J connectivity index is 1.24. The zero-order valence-electron chi connectivity index (χ0n) is 14.2. The van der Waals surface area contributed by atoms with E-state index >= 15 is 0 Å². The quantitative estimate of drug-likeness (QED) is 0.719. The second-order valence-corrected chi connectivity index (χ2v) is 6.41. The molecule has 27 heavy (non-hydrogen) atoms. The third-order valence-electron chi connectivity index (χ3n) is 4.41. The van der Waals surface area contributed by atoms with Crippen LogP contribution in [0.25, 0.3) is 11.3 Å². The number of nitrogens with one attached hydrogen (secondary N) is 2. The molecule has 0 aliphatic heterocycles. The Morgan fingerprint density at radius 3 is 2.63 bits per heavy atom. The number of halogens is 2. The average Bonchev–Trinajstić information content (AvgIpc) is 3.06. The van der Waals surface area contributed by atoms with Crippen LogP contribution in [0.2, 0.25) is 0 Å². The molecule has 8 heteroatoms. The lowest BCUT2D eigenvalue weighted by Gasteiger charge is -2.33. The molecular formula is C19H17F2N2O4+. The molecule has 1 aromatic carbocycles. The normalized spacial score (nSPS) is 18.9. The number of hydrogen-bond acceptors (Lipinski definition) is 4. The fourth-order valence-electron chi connectivity index (χ4n) is 2.84. The number of H-pyrrole nitrogens is 2. The molecule has 0 amide bonds. The van der Waals surface area contributed by atoms with E-state index in [4.69, 9.17) is 14.0 Å². The first-order valence-corrected chi connectivity index (χ1v) is 8.49. The summed E-state index contributed by atoms with van der Waals surface area (Å²) in [7, 11) is 0. The largest absolute Gasteiger partial charge is 0.441 e. The Labute approximate surface area is 152 Å². The lowest BCUT2D eigenvalue weighted by Crippen LogP contribution is -2.40. The molecule has 0 atom stereocenters. The fourth-order valence-corrected chi connectivity index (χ4v) is 2.84. The second-order valence-electron chi connectivity index (χ2n) is 6.41. The summed E-state index contributed by atoms with van der Waals surface area (Å²) in [6, 6.07) is 8.66. The third-order valence-corrected chi connectivity index (χ3v) is 4.41. The minimum absolute atomic E-state index is 0.0206. The molecule has 0 spiro atoms. The Morgan fingerprint density at radius 1 is 1.11 bits per heavy atom. The highest BCUT2D eigenvalue weighted by Gasteiger charge is 2.33. The molecule has 0 unspecified atom stereocenters. The molecule has 2 N–H and O–H groups in total. The van der Waals surface area contributed by atoms with Crippen molar-refractivity contribution in [3.8, 4) is 17.2 Å². The lowest BCUT2D eigenvalue weighted by atomic mass is 9.92. The van der Waals surface area contributed by atoms with Gasteiger partial charge in [-0.1, -0.05) is 6.07 Å². The van der Waals surface area contributed by atoms with Crippen molar-refractivity contribution in [1.29, 1.82) is 0 Å². The molecule has 2 aromatic heterocycles. The van der Waals surface area contributed by atoms with Gasteiger partial charge in [0.25, 0.3) is 5.56 Å². The van der Waals surface area contributed by atoms with Crippen LogP contribution in [0, 0.1) is 11.6 Å². The molecule has 1 saturated carbocycles. The van der Waals surface area contributed by atoms with Crippen molar-refractivity contribution >= 4 is 0 Å². The zero-order valence-corrected chi connectivity index (χ0v) is 14.2. The van der Waals surface area contributed by atoms with Crippen molar-refractivity contribution in [2.75, 3.05) is 0 Å². The molecule has 140 valence electrons. The van der Waals surface area contributed by atoms with Gasteiger partial charge in [-0.25, -0.2) is 8.78 Å². The highest BCUT2D eigenvalue weighted by Crippen LogP contribution is 2.28. The molecular weight excluding hydrogens is 358 g/mol. The van der Waals surface area contributed by atoms with E-state index in [0.29, 0.717) is 30.0 Å². The molecule has 1 fully saturated rings. The number of benzene rings is 1. The van der Waals surface area contributed by atoms with Gasteiger partial charge in [-0.2, -0.15) is 10.1 Å². The van der Waals surface area contributed by atoms with Crippen LogP contribution in [-0.2, 0) is 11.3 Å². The first-order chi connectivity index (χ1) is 13.1. The van der Waals surface area contributed by atoms with Gasteiger partial charge in [-0.3, -0.25) is 4.79 Å². The van der Waals surface area contributed by atoms with Crippen molar-refractivity contribution in [2.24, 2.45) is 0 Å². The van der Waals surface area contributed by atoms with Crippen LogP contribution in [0.1, 0.15) is 18.4 Å². The van der Waals surface area contributed by atoms with Gasteiger partial charge in [0.15, 0.2) is 23.6 Å². The zero-order chi connectivity index (χ0) is 18.8. The van der Waals surface area contributed by atoms with Gasteiger partial charge in [0, 0.05) is 12.8 Å². The Kier molecular flexibility index (Phi) is 4.72. The summed E-state index contributed by atoms with van der Waals surface area (Å²) in [6.07, 6.45) is 3.17. The van der Waals surface area contributed by atoms with Crippen molar-refractivity contribution in [2.45, 2.75) is 31.7 Å². The average molecular weight is 375 g/mol. The van der Waals surface area contributed by atoms with E-state index in [9.17, 15) is 13.6 Å². The summed E-state index contributed by atoms with van der Waals surface area (Å²) in [6.45, 7) is 0.233. The molecule has 6 nitrogen and oxygen atoms in total. The highest BCUT2D eigenvalue weighted by molar-refractivity contribution is 5.54. The summed E-state index contributed by atoms with van der Waals surface area (Å²) in [5, 5.41) is 2.24. The number of rotatable bonds is 6. The van der Waals surface area contributed by atoms with E-state index in [1.165, 1.54) is 12.1 Å². The SMILES string of the molecule is O=c1cc(-c2ccc(OC3CC(OCc4ccc(F)c(F)c4)C3)[nH+]c2)o[nH]1. The van der Waals surface area contributed by atoms with E-state index in [1.54, 1.807) is 18.3 Å². The number of pyridine rings is 1. The number of hydrogen-bond donors (Lipinski definition) is 1. The predicted octanol–water partition coefficient (Wildman–Crippen LogP) is 2.85. The molecule has 0 radical (unpaired) electrons. The van der Waals surface area contributed by atoms with Crippen LogP contribution in [0.15, 0.2) is 51.9 Å². The van der Waals surface area contributed by atoms with Gasteiger partial charge >= 0.3 is 5.88 Å². The maximum absolute atomic E-state index is 13.2. The summed E-state index contributed by atoms with van der Waals surface area (Å²) < 4.78 is 42.6. The van der Waals surface area contributed by atoms with E-state index in [2.05, 4.69) is 10.1 Å². The Hall–Kier alpha value is -3.00. The highest BCUT2D eigenvalue weighted by atomic mass is 19.2. The standard InChI is InChI=1S/C19H16F2N2O4/c20-15-3-1-11(5-16(15)21)10-25-13-6-14(7-13)26-19-4-2-12(9-22-19)17-8-18(24)23-27-17/h1-5,8-9,13-14H,6-7,10H2,(H,23,24)/p+1. The van der Waals surface area contributed by atoms with Gasteiger partial charge in [-0.05, 0) is 23.8 Å². The summed E-state index contributed by atoms with van der Waals surface area (Å²) in [5.74, 6) is -0.696. The first-order valence-electron chi connectivity index (χ1n) is 8.49. The van der Waals surface area contributed by atoms with E-state index in [-0.39, 0.29) is 24.4 Å². The number of ether oxygens (including phenoxy) is 2. The summed E-state index contributed by atoms with van der Waals surface area (Å²) in [4.78, 5) is 14.1. The van der Waals surface area contributed by atoms with Crippen molar-refractivity contribution in [3.63, 3.8) is 0 Å². The molecule has 0 bridgehead atoms. The van der Waals surface area contributed by atoms with Crippen molar-refractivity contribution in [1.82, 2.24) is 5.16 Å². The first kappa shape index (κ1) is 17.4. The van der Waals surface area contributed by atoms with Crippen LogP contribution in [0.3, 0.4) is 0 Å². The summed E-state index contributed by atoms with van der Waals surface area (Å²) >= 11 is 0. The molecule has 0 saturated heterocycles. The fraction of sp³-hybridized carbons (Fsp3) is 0.263. The smallest absolute Gasteiger partial charge is 0.366 e. The van der Waals surface area contributed by atoms with Gasteiger partial charge in [-0.15, -0.1) is 0 Å². The van der Waals surface area contributed by atoms with Gasteiger partial charge in [0.2, 0.25) is 0 Å². The van der Waals surface area contributed by atoms with Crippen LogP contribution < -0.4 is 15.3 Å². The van der Waals surface area contributed by atoms with Crippen LogP contribution in [0.5, 0.6) is 5.88 Å². The molecule has 3 aromatic rings. The molecule has 4 rings (SSSR count). The van der Waals surface area contributed by atoms with Gasteiger partial charge in [0.1, 0.15) is 6.10 Å². The van der Waals surface area contributed by atoms with Crippen molar-refractivity contribution < 1.29 is 27.8 Å². The van der Waals surface area contributed by atoms with Crippen molar-refractivity contribution in [3.05, 3.63) is 70.1 Å². The van der Waals surface area contributed by atoms with Crippen LogP contribution in [0.4, 0.5) is 8.78 Å². The summed E-state index contributed by atoms with van der Waals surface area (Å²) in [5.41, 5.74) is 1.02. The predicted molar refractivity (Wildman–Crippen MR) is 89.9 cm³/mol. The molecule has 1 aliphatic carbocycles. The van der Waals surface area contributed by atoms with Crippen LogP contribution >= 0.6 is 0 Å². The lowest BCUT2D eigenvalue weighted by molar-refractivity contribution is -0.398. The second kappa shape index (κ2) is 7.32. The minimum Gasteiger partial charge on any atom is -0.441 e. The Morgan fingerprint density at radius 2 is 1.96 bits per heavy atom. The number of aromatic nitrogens is 2. The maximum Gasteiger partial charge on any atom is 0.366 e. The molecule has 1 aliphatic rings. The van der Waals surface area contributed by atoms with Gasteiger partial charge < -0.3 is 14.0 Å². The maximum atomic E-state index is 13.2. The van der Waals surface area contributed by atoms with Gasteiger partial charge in [0.05, 0.1) is 30.4 Å². The third kappa shape index (κ3) is 4.06.